The minimum Gasteiger partial charge on any atom is -0.395 e. The van der Waals surface area contributed by atoms with Gasteiger partial charge in [0.25, 0.3) is 0 Å². The fourth-order valence-corrected chi connectivity index (χ4v) is 2.18. The van der Waals surface area contributed by atoms with Crippen LogP contribution in [0.1, 0.15) is 36.8 Å². The smallest absolute Gasteiger partial charge is 0.214 e. The zero-order chi connectivity index (χ0) is 15.1. The maximum absolute atomic E-state index is 13.4. The number of hydrogen-bond acceptors (Lipinski definition) is 4. The molecule has 5 heteroatoms. The van der Waals surface area contributed by atoms with Crippen molar-refractivity contribution in [2.75, 3.05) is 18.5 Å². The third kappa shape index (κ3) is 4.55. The molecule has 0 spiro atoms. The fraction of sp³-hybridized carbons (Fsp3) is 0.438. The molecule has 21 heavy (non-hydrogen) atoms. The summed E-state index contributed by atoms with van der Waals surface area (Å²) in [5, 5.41) is 19.1. The quantitative estimate of drug-likeness (QED) is 0.590. The standard InChI is InChI=1S/C16H19FN2O2/c17-16(18)13-11-12(5-1-3-9-20)7-8-14(13)19-15-6-2-4-10-21-15/h7-8,11,15,18-20H,2-4,6,9-10H2. The predicted octanol–water partition coefficient (Wildman–Crippen LogP) is 2.65. The van der Waals surface area contributed by atoms with Crippen LogP contribution in [0.5, 0.6) is 0 Å². The van der Waals surface area contributed by atoms with Gasteiger partial charge in [-0.25, -0.2) is 0 Å². The summed E-state index contributed by atoms with van der Waals surface area (Å²) in [4.78, 5) is 0. The summed E-state index contributed by atoms with van der Waals surface area (Å²) in [6.45, 7) is 0.697. The van der Waals surface area contributed by atoms with Crippen molar-refractivity contribution in [3.05, 3.63) is 29.3 Å². The second-order valence-corrected chi connectivity index (χ2v) is 4.85. The summed E-state index contributed by atoms with van der Waals surface area (Å²) in [7, 11) is 0. The van der Waals surface area contributed by atoms with Crippen LogP contribution in [0.3, 0.4) is 0 Å². The Morgan fingerprint density at radius 1 is 1.48 bits per heavy atom. The monoisotopic (exact) mass is 290 g/mol. The summed E-state index contributed by atoms with van der Waals surface area (Å²) in [5.74, 6) is 4.62. The van der Waals surface area contributed by atoms with Gasteiger partial charge >= 0.3 is 0 Å². The molecule has 0 radical (unpaired) electrons. The number of hydrogen-bond donors (Lipinski definition) is 3. The maximum atomic E-state index is 13.4. The molecule has 1 atom stereocenters. The third-order valence-electron chi connectivity index (χ3n) is 3.22. The summed E-state index contributed by atoms with van der Waals surface area (Å²) in [6.07, 6.45) is 3.23. The molecule has 1 fully saturated rings. The Bertz CT molecular complexity index is 557. The van der Waals surface area contributed by atoms with Crippen LogP contribution in [0.2, 0.25) is 0 Å². The molecule has 1 saturated heterocycles. The number of aliphatic hydroxyl groups is 1. The van der Waals surface area contributed by atoms with E-state index < -0.39 is 5.97 Å². The van der Waals surface area contributed by atoms with Gasteiger partial charge in [-0.3, -0.25) is 5.41 Å². The molecule has 1 aliphatic rings. The van der Waals surface area contributed by atoms with E-state index in [9.17, 15) is 4.39 Å². The second-order valence-electron chi connectivity index (χ2n) is 4.85. The van der Waals surface area contributed by atoms with Gasteiger partial charge < -0.3 is 15.2 Å². The van der Waals surface area contributed by atoms with E-state index in [1.165, 1.54) is 6.07 Å². The van der Waals surface area contributed by atoms with Gasteiger partial charge in [0, 0.05) is 24.3 Å². The molecule has 1 aromatic rings. The molecular weight excluding hydrogens is 271 g/mol. The first-order chi connectivity index (χ1) is 10.2. The van der Waals surface area contributed by atoms with Crippen molar-refractivity contribution in [2.45, 2.75) is 31.9 Å². The van der Waals surface area contributed by atoms with Crippen molar-refractivity contribution in [3.63, 3.8) is 0 Å². The van der Waals surface area contributed by atoms with Gasteiger partial charge in [0.05, 0.1) is 12.2 Å². The zero-order valence-corrected chi connectivity index (χ0v) is 11.8. The highest BCUT2D eigenvalue weighted by molar-refractivity contribution is 5.97. The maximum Gasteiger partial charge on any atom is 0.214 e. The van der Waals surface area contributed by atoms with E-state index >= 15 is 0 Å². The van der Waals surface area contributed by atoms with Gasteiger partial charge in [0.1, 0.15) is 6.23 Å². The van der Waals surface area contributed by atoms with E-state index in [4.69, 9.17) is 15.3 Å². The first-order valence-corrected chi connectivity index (χ1v) is 7.07. The van der Waals surface area contributed by atoms with E-state index in [0.717, 1.165) is 19.3 Å². The average molecular weight is 290 g/mol. The largest absolute Gasteiger partial charge is 0.395 e. The summed E-state index contributed by atoms with van der Waals surface area (Å²) < 4.78 is 19.0. The Hall–Kier alpha value is -1.90. The van der Waals surface area contributed by atoms with Crippen molar-refractivity contribution in [1.82, 2.24) is 0 Å². The number of aliphatic hydroxyl groups excluding tert-OH is 1. The van der Waals surface area contributed by atoms with Crippen LogP contribution < -0.4 is 5.32 Å². The van der Waals surface area contributed by atoms with Crippen LogP contribution in [0.15, 0.2) is 18.2 Å². The summed E-state index contributed by atoms with van der Waals surface area (Å²) >= 11 is 0. The molecule has 1 heterocycles. The minimum absolute atomic E-state index is 0.00253. The molecule has 1 aromatic carbocycles. The molecule has 0 bridgehead atoms. The predicted molar refractivity (Wildman–Crippen MR) is 80.2 cm³/mol. The molecule has 1 aliphatic heterocycles. The van der Waals surface area contributed by atoms with Crippen LogP contribution in [0, 0.1) is 17.3 Å². The van der Waals surface area contributed by atoms with E-state index in [1.54, 1.807) is 12.1 Å². The first kappa shape index (κ1) is 15.5. The lowest BCUT2D eigenvalue weighted by Crippen LogP contribution is -2.27. The number of benzene rings is 1. The molecule has 3 N–H and O–H groups in total. The van der Waals surface area contributed by atoms with Gasteiger partial charge in [0.15, 0.2) is 0 Å². The van der Waals surface area contributed by atoms with Crippen LogP contribution in [0.4, 0.5) is 10.1 Å². The fourth-order valence-electron chi connectivity index (χ4n) is 2.18. The lowest BCUT2D eigenvalue weighted by Gasteiger charge is -2.25. The van der Waals surface area contributed by atoms with Crippen LogP contribution >= 0.6 is 0 Å². The normalized spacial score (nSPS) is 17.7. The molecule has 2 rings (SSSR count). The highest BCUT2D eigenvalue weighted by Crippen LogP contribution is 2.22. The minimum atomic E-state index is -1.00. The van der Waals surface area contributed by atoms with Gasteiger partial charge in [-0.1, -0.05) is 11.8 Å². The molecule has 0 amide bonds. The van der Waals surface area contributed by atoms with Gasteiger partial charge in [0.2, 0.25) is 5.97 Å². The van der Waals surface area contributed by atoms with Crippen molar-refractivity contribution in [3.8, 4) is 11.8 Å². The van der Waals surface area contributed by atoms with Crippen molar-refractivity contribution >= 4 is 11.7 Å². The summed E-state index contributed by atoms with van der Waals surface area (Å²) in [5.41, 5.74) is 1.35. The van der Waals surface area contributed by atoms with E-state index in [-0.39, 0.29) is 18.4 Å². The first-order valence-electron chi connectivity index (χ1n) is 7.07. The van der Waals surface area contributed by atoms with Gasteiger partial charge in [-0.2, -0.15) is 4.39 Å². The Labute approximate surface area is 123 Å². The molecule has 112 valence electrons. The Kier molecular flexibility index (Phi) is 5.73. The number of anilines is 1. The molecule has 0 aromatic heterocycles. The number of nitrogens with one attached hydrogen (secondary N) is 2. The van der Waals surface area contributed by atoms with E-state index in [1.807, 2.05) is 0 Å². The van der Waals surface area contributed by atoms with Crippen LogP contribution in [-0.4, -0.2) is 30.5 Å². The molecule has 4 nitrogen and oxygen atoms in total. The third-order valence-corrected chi connectivity index (χ3v) is 3.22. The lowest BCUT2D eigenvalue weighted by molar-refractivity contribution is 0.0343. The highest BCUT2D eigenvalue weighted by atomic mass is 19.1. The number of rotatable bonds is 4. The van der Waals surface area contributed by atoms with Crippen LogP contribution in [-0.2, 0) is 4.74 Å². The van der Waals surface area contributed by atoms with Gasteiger partial charge in [-0.15, -0.1) is 0 Å². The Balaban J connectivity index is 2.17. The molecular formula is C16H19FN2O2. The Morgan fingerprint density at radius 2 is 2.33 bits per heavy atom. The van der Waals surface area contributed by atoms with Crippen molar-refractivity contribution in [2.24, 2.45) is 0 Å². The number of halogens is 1. The topological polar surface area (TPSA) is 65.3 Å². The van der Waals surface area contributed by atoms with E-state index in [2.05, 4.69) is 17.2 Å². The van der Waals surface area contributed by atoms with E-state index in [0.29, 0.717) is 24.3 Å². The van der Waals surface area contributed by atoms with Gasteiger partial charge in [-0.05, 0) is 37.5 Å². The zero-order valence-electron chi connectivity index (χ0n) is 11.8. The second kappa shape index (κ2) is 7.77. The van der Waals surface area contributed by atoms with Crippen LogP contribution in [0.25, 0.3) is 0 Å². The SMILES string of the molecule is N=C(F)c1cc(C#CCCO)ccc1NC1CCCCO1. The summed E-state index contributed by atoms with van der Waals surface area (Å²) in [6, 6.07) is 5.02. The molecule has 0 aliphatic carbocycles. The number of ether oxygens (including phenoxy) is 1. The molecule has 1 unspecified atom stereocenters. The Morgan fingerprint density at radius 3 is 3.00 bits per heavy atom. The highest BCUT2D eigenvalue weighted by Gasteiger charge is 2.16. The molecule has 0 saturated carbocycles. The van der Waals surface area contributed by atoms with Crippen molar-refractivity contribution < 1.29 is 14.2 Å². The lowest BCUT2D eigenvalue weighted by atomic mass is 10.1. The van der Waals surface area contributed by atoms with Crippen molar-refractivity contribution in [1.29, 1.82) is 5.41 Å². The average Bonchev–Trinajstić information content (AvgIpc) is 2.50.